The third-order valence-corrected chi connectivity index (χ3v) is 3.99. The molecule has 1 aromatic heterocycles. The van der Waals surface area contributed by atoms with E-state index >= 15 is 0 Å². The predicted molar refractivity (Wildman–Crippen MR) is 77.6 cm³/mol. The predicted octanol–water partition coefficient (Wildman–Crippen LogP) is 2.95. The minimum Gasteiger partial charge on any atom is -0.496 e. The number of anilines is 1. The highest BCUT2D eigenvalue weighted by molar-refractivity contribution is 9.10. The lowest BCUT2D eigenvalue weighted by atomic mass is 10.1. The second-order valence-electron chi connectivity index (χ2n) is 3.57. The molecule has 0 atom stereocenters. The number of carbonyl (C=O) groups is 1. The number of hydrogen-bond acceptors (Lipinski definition) is 6. The molecular formula is C12H11BrN2O3S. The molecule has 0 aliphatic carbocycles. The standard InChI is InChI=1S/C12H11BrN2O3S/c1-17-8-4-3-6(5-7(8)13)10-9(11(16)18-2)15-12(14)19-10/h3-5H,1-2H3,(H2,14,15). The van der Waals surface area contributed by atoms with E-state index < -0.39 is 5.97 Å². The summed E-state index contributed by atoms with van der Waals surface area (Å²) < 4.78 is 10.7. The number of aromatic nitrogens is 1. The molecule has 2 aromatic rings. The minimum atomic E-state index is -0.505. The average Bonchev–Trinajstić information content (AvgIpc) is 2.79. The number of nitrogens with zero attached hydrogens (tertiary/aromatic N) is 1. The van der Waals surface area contributed by atoms with E-state index in [0.717, 1.165) is 10.0 Å². The Morgan fingerprint density at radius 1 is 1.42 bits per heavy atom. The number of rotatable bonds is 3. The van der Waals surface area contributed by atoms with Crippen molar-refractivity contribution in [1.82, 2.24) is 4.98 Å². The number of halogens is 1. The third-order valence-electron chi connectivity index (χ3n) is 2.44. The fourth-order valence-corrected chi connectivity index (χ4v) is 2.93. The van der Waals surface area contributed by atoms with Gasteiger partial charge in [-0.3, -0.25) is 0 Å². The van der Waals surface area contributed by atoms with Crippen LogP contribution in [0.3, 0.4) is 0 Å². The van der Waals surface area contributed by atoms with Crippen molar-refractivity contribution < 1.29 is 14.3 Å². The van der Waals surface area contributed by atoms with Gasteiger partial charge in [0.25, 0.3) is 0 Å². The fourth-order valence-electron chi connectivity index (χ4n) is 1.57. The Morgan fingerprint density at radius 3 is 2.74 bits per heavy atom. The summed E-state index contributed by atoms with van der Waals surface area (Å²) in [5.74, 6) is 0.204. The molecule has 0 bridgehead atoms. The Bertz CT molecular complexity index is 627. The Labute approximate surface area is 122 Å². The van der Waals surface area contributed by atoms with E-state index in [9.17, 15) is 4.79 Å². The van der Waals surface area contributed by atoms with E-state index in [1.165, 1.54) is 18.4 Å². The van der Waals surface area contributed by atoms with Gasteiger partial charge < -0.3 is 15.2 Å². The normalized spacial score (nSPS) is 10.3. The summed E-state index contributed by atoms with van der Waals surface area (Å²) >= 11 is 4.64. The van der Waals surface area contributed by atoms with Crippen molar-refractivity contribution in [3.8, 4) is 16.2 Å². The molecule has 0 saturated carbocycles. The molecule has 0 fully saturated rings. The first-order valence-electron chi connectivity index (χ1n) is 5.25. The highest BCUT2D eigenvalue weighted by Crippen LogP contribution is 2.36. The summed E-state index contributed by atoms with van der Waals surface area (Å²) in [4.78, 5) is 16.3. The topological polar surface area (TPSA) is 74.4 Å². The average molecular weight is 343 g/mol. The van der Waals surface area contributed by atoms with Crippen molar-refractivity contribution in [2.24, 2.45) is 0 Å². The zero-order valence-corrected chi connectivity index (χ0v) is 12.7. The van der Waals surface area contributed by atoms with Crippen LogP contribution < -0.4 is 10.5 Å². The lowest BCUT2D eigenvalue weighted by molar-refractivity contribution is 0.0596. The molecule has 0 radical (unpaired) electrons. The van der Waals surface area contributed by atoms with E-state index in [2.05, 4.69) is 20.9 Å². The van der Waals surface area contributed by atoms with Crippen molar-refractivity contribution in [3.05, 3.63) is 28.4 Å². The number of hydrogen-bond donors (Lipinski definition) is 1. The van der Waals surface area contributed by atoms with Crippen LogP contribution in [0.2, 0.25) is 0 Å². The maximum absolute atomic E-state index is 11.7. The van der Waals surface area contributed by atoms with Crippen molar-refractivity contribution in [2.75, 3.05) is 20.0 Å². The molecule has 0 aliphatic heterocycles. The number of carbonyl (C=O) groups excluding carboxylic acids is 1. The van der Waals surface area contributed by atoms with Crippen LogP contribution in [0.1, 0.15) is 10.5 Å². The molecule has 0 saturated heterocycles. The minimum absolute atomic E-state index is 0.224. The highest BCUT2D eigenvalue weighted by Gasteiger charge is 2.19. The van der Waals surface area contributed by atoms with Crippen LogP contribution in [-0.4, -0.2) is 25.2 Å². The van der Waals surface area contributed by atoms with E-state index in [1.54, 1.807) is 13.2 Å². The van der Waals surface area contributed by atoms with Crippen molar-refractivity contribution in [1.29, 1.82) is 0 Å². The molecule has 2 N–H and O–H groups in total. The Balaban J connectivity index is 2.52. The zero-order chi connectivity index (χ0) is 14.0. The van der Waals surface area contributed by atoms with Gasteiger partial charge in [-0.1, -0.05) is 11.3 Å². The molecular weight excluding hydrogens is 332 g/mol. The van der Waals surface area contributed by atoms with E-state index in [1.807, 2.05) is 12.1 Å². The van der Waals surface area contributed by atoms with Crippen LogP contribution >= 0.6 is 27.3 Å². The van der Waals surface area contributed by atoms with Gasteiger partial charge in [0, 0.05) is 0 Å². The molecule has 0 amide bonds. The van der Waals surface area contributed by atoms with Gasteiger partial charge in [-0.05, 0) is 39.7 Å². The summed E-state index contributed by atoms with van der Waals surface area (Å²) in [6.07, 6.45) is 0. The van der Waals surface area contributed by atoms with Gasteiger partial charge in [0.15, 0.2) is 10.8 Å². The van der Waals surface area contributed by atoms with Crippen LogP contribution in [0.15, 0.2) is 22.7 Å². The Hall–Kier alpha value is -1.60. The summed E-state index contributed by atoms with van der Waals surface area (Å²) in [5, 5.41) is 0.322. The van der Waals surface area contributed by atoms with E-state index in [0.29, 0.717) is 15.8 Å². The molecule has 19 heavy (non-hydrogen) atoms. The fraction of sp³-hybridized carbons (Fsp3) is 0.167. The third kappa shape index (κ3) is 2.71. The summed E-state index contributed by atoms with van der Waals surface area (Å²) in [7, 11) is 2.90. The number of esters is 1. The second kappa shape index (κ2) is 5.58. The van der Waals surface area contributed by atoms with Gasteiger partial charge in [-0.2, -0.15) is 0 Å². The quantitative estimate of drug-likeness (QED) is 0.868. The molecule has 7 heteroatoms. The monoisotopic (exact) mass is 342 g/mol. The summed E-state index contributed by atoms with van der Waals surface area (Å²) in [6.45, 7) is 0. The number of benzene rings is 1. The summed E-state index contributed by atoms with van der Waals surface area (Å²) in [6, 6.07) is 5.48. The number of methoxy groups -OCH3 is 2. The maximum atomic E-state index is 11.7. The molecule has 2 rings (SSSR count). The lowest BCUT2D eigenvalue weighted by Crippen LogP contribution is -2.03. The largest absolute Gasteiger partial charge is 0.496 e. The number of thiazole rings is 1. The zero-order valence-electron chi connectivity index (χ0n) is 10.3. The first-order chi connectivity index (χ1) is 9.06. The molecule has 1 aromatic carbocycles. The molecule has 0 aliphatic rings. The molecule has 0 unspecified atom stereocenters. The first-order valence-corrected chi connectivity index (χ1v) is 6.86. The number of ether oxygens (including phenoxy) is 2. The van der Waals surface area contributed by atoms with Crippen LogP contribution in [-0.2, 0) is 4.74 Å². The van der Waals surface area contributed by atoms with Crippen molar-refractivity contribution in [3.63, 3.8) is 0 Å². The molecule has 100 valence electrons. The molecule has 5 nitrogen and oxygen atoms in total. The lowest BCUT2D eigenvalue weighted by Gasteiger charge is -2.05. The molecule has 0 spiro atoms. The number of nitrogen functional groups attached to an aromatic ring is 1. The van der Waals surface area contributed by atoms with Crippen molar-refractivity contribution >= 4 is 38.4 Å². The molecule has 1 heterocycles. The van der Waals surface area contributed by atoms with Gasteiger partial charge in [0.1, 0.15) is 5.75 Å². The number of nitrogens with two attached hydrogens (primary N) is 1. The van der Waals surface area contributed by atoms with Crippen molar-refractivity contribution in [2.45, 2.75) is 0 Å². The van der Waals surface area contributed by atoms with Gasteiger partial charge >= 0.3 is 5.97 Å². The van der Waals surface area contributed by atoms with Gasteiger partial charge in [-0.15, -0.1) is 0 Å². The van der Waals surface area contributed by atoms with Crippen LogP contribution in [0.5, 0.6) is 5.75 Å². The Morgan fingerprint density at radius 2 is 2.16 bits per heavy atom. The van der Waals surface area contributed by atoms with Gasteiger partial charge in [0.05, 0.1) is 23.6 Å². The van der Waals surface area contributed by atoms with E-state index in [-0.39, 0.29) is 5.69 Å². The van der Waals surface area contributed by atoms with Crippen LogP contribution in [0, 0.1) is 0 Å². The SMILES string of the molecule is COC(=O)c1nc(N)sc1-c1ccc(OC)c(Br)c1. The highest BCUT2D eigenvalue weighted by atomic mass is 79.9. The van der Waals surface area contributed by atoms with Crippen LogP contribution in [0.25, 0.3) is 10.4 Å². The summed E-state index contributed by atoms with van der Waals surface area (Å²) in [5.41, 5.74) is 6.71. The smallest absolute Gasteiger partial charge is 0.358 e. The van der Waals surface area contributed by atoms with Gasteiger partial charge in [-0.25, -0.2) is 9.78 Å². The van der Waals surface area contributed by atoms with Crippen LogP contribution in [0.4, 0.5) is 5.13 Å². The van der Waals surface area contributed by atoms with E-state index in [4.69, 9.17) is 15.2 Å². The Kier molecular flexibility index (Phi) is 4.06. The second-order valence-corrected chi connectivity index (χ2v) is 5.46. The maximum Gasteiger partial charge on any atom is 0.358 e. The van der Waals surface area contributed by atoms with Gasteiger partial charge in [0.2, 0.25) is 0 Å². The first kappa shape index (κ1) is 13.8.